The molecule has 1 amide bonds. The van der Waals surface area contributed by atoms with Crippen LogP contribution in [0.15, 0.2) is 72.8 Å². The Kier molecular flexibility index (Phi) is 9.12. The van der Waals surface area contributed by atoms with E-state index >= 15 is 0 Å². The molecule has 3 rings (SSSR count). The Balaban J connectivity index is 1.81. The highest BCUT2D eigenvalue weighted by Crippen LogP contribution is 2.30. The maximum absolute atomic E-state index is 12.6. The predicted molar refractivity (Wildman–Crippen MR) is 135 cm³/mol. The number of anilines is 1. The van der Waals surface area contributed by atoms with Crippen molar-refractivity contribution in [1.82, 2.24) is 4.90 Å². The number of methoxy groups -OCH3 is 1. The van der Waals surface area contributed by atoms with Crippen LogP contribution in [0.1, 0.15) is 36.5 Å². The molecule has 0 saturated carbocycles. The second-order valence-electron chi connectivity index (χ2n) is 8.26. The number of esters is 1. The van der Waals surface area contributed by atoms with Gasteiger partial charge in [-0.2, -0.15) is 0 Å². The molecule has 184 valence electrons. The van der Waals surface area contributed by atoms with E-state index in [2.05, 4.69) is 6.92 Å². The van der Waals surface area contributed by atoms with Gasteiger partial charge in [0.2, 0.25) is 0 Å². The lowest BCUT2D eigenvalue weighted by Gasteiger charge is -2.26. The van der Waals surface area contributed by atoms with Gasteiger partial charge in [-0.05, 0) is 54.3 Å². The molecule has 3 aromatic carbocycles. The minimum Gasteiger partial charge on any atom is -0.466 e. The molecule has 0 saturated heterocycles. The number of nitrogen functional groups attached to an aromatic ring is 1. The molecule has 0 spiro atoms. The Hall–Kier alpha value is -4.00. The number of hydrogen-bond acceptors (Lipinski definition) is 6. The normalized spacial score (nSPS) is 11.4. The molecule has 0 aliphatic rings. The first-order valence-electron chi connectivity index (χ1n) is 11.6. The fourth-order valence-corrected chi connectivity index (χ4v) is 3.80. The van der Waals surface area contributed by atoms with Crippen molar-refractivity contribution < 1.29 is 23.8 Å². The lowest BCUT2D eigenvalue weighted by Crippen LogP contribution is -2.33. The molecular formula is C28H32N2O5. The zero-order valence-corrected chi connectivity index (χ0v) is 20.4. The minimum absolute atomic E-state index is 0.0975. The van der Waals surface area contributed by atoms with Crippen molar-refractivity contribution in [2.45, 2.75) is 32.7 Å². The molecule has 0 radical (unpaired) electrons. The van der Waals surface area contributed by atoms with E-state index in [1.54, 1.807) is 36.1 Å². The molecule has 2 N–H and O–H groups in total. The first-order valence-corrected chi connectivity index (χ1v) is 11.6. The SMILES string of the molecule is CCOC(=O)Cc1cccc(Oc2ccc(N)cc2CN(C[C@@H](C)c2ccccc2)C(=O)OC)c1. The summed E-state index contributed by atoms with van der Waals surface area (Å²) in [6, 6.07) is 22.6. The van der Waals surface area contributed by atoms with Gasteiger partial charge in [0.1, 0.15) is 11.5 Å². The summed E-state index contributed by atoms with van der Waals surface area (Å²) < 4.78 is 16.3. The summed E-state index contributed by atoms with van der Waals surface area (Å²) >= 11 is 0. The van der Waals surface area contributed by atoms with E-state index in [9.17, 15) is 9.59 Å². The van der Waals surface area contributed by atoms with E-state index in [1.165, 1.54) is 7.11 Å². The van der Waals surface area contributed by atoms with Crippen LogP contribution >= 0.6 is 0 Å². The van der Waals surface area contributed by atoms with Crippen molar-refractivity contribution >= 4 is 17.7 Å². The zero-order valence-electron chi connectivity index (χ0n) is 20.4. The molecular weight excluding hydrogens is 444 g/mol. The van der Waals surface area contributed by atoms with Crippen LogP contribution in [-0.2, 0) is 27.2 Å². The highest BCUT2D eigenvalue weighted by atomic mass is 16.5. The molecule has 7 heteroatoms. The minimum atomic E-state index is -0.433. The molecule has 0 aliphatic carbocycles. The Labute approximate surface area is 206 Å². The fourth-order valence-electron chi connectivity index (χ4n) is 3.80. The number of benzene rings is 3. The van der Waals surface area contributed by atoms with Crippen LogP contribution in [0, 0.1) is 0 Å². The van der Waals surface area contributed by atoms with Crippen LogP contribution in [0.5, 0.6) is 11.5 Å². The Morgan fingerprint density at radius 2 is 1.77 bits per heavy atom. The lowest BCUT2D eigenvalue weighted by molar-refractivity contribution is -0.142. The third-order valence-electron chi connectivity index (χ3n) is 5.52. The van der Waals surface area contributed by atoms with Gasteiger partial charge in [-0.15, -0.1) is 0 Å². The number of carbonyl (C=O) groups excluding carboxylic acids is 2. The summed E-state index contributed by atoms with van der Waals surface area (Å²) in [5.74, 6) is 0.938. The molecule has 0 bridgehead atoms. The monoisotopic (exact) mass is 476 g/mol. The van der Waals surface area contributed by atoms with Gasteiger partial charge >= 0.3 is 12.1 Å². The van der Waals surface area contributed by atoms with Gasteiger partial charge in [-0.1, -0.05) is 49.4 Å². The largest absolute Gasteiger partial charge is 0.466 e. The number of rotatable bonds is 10. The van der Waals surface area contributed by atoms with Crippen molar-refractivity contribution in [3.05, 3.63) is 89.5 Å². The second kappa shape index (κ2) is 12.5. The molecule has 0 aromatic heterocycles. The first-order chi connectivity index (χ1) is 16.9. The number of ether oxygens (including phenoxy) is 3. The van der Waals surface area contributed by atoms with E-state index in [0.29, 0.717) is 30.3 Å². The average molecular weight is 477 g/mol. The Morgan fingerprint density at radius 1 is 1.00 bits per heavy atom. The summed E-state index contributed by atoms with van der Waals surface area (Å²) in [5.41, 5.74) is 9.28. The zero-order chi connectivity index (χ0) is 25.2. The average Bonchev–Trinajstić information content (AvgIpc) is 2.85. The summed E-state index contributed by atoms with van der Waals surface area (Å²) in [5, 5.41) is 0. The highest BCUT2D eigenvalue weighted by Gasteiger charge is 2.21. The fraction of sp³-hybridized carbons (Fsp3) is 0.286. The van der Waals surface area contributed by atoms with Crippen LogP contribution in [0.25, 0.3) is 0 Å². The number of amides is 1. The van der Waals surface area contributed by atoms with E-state index in [-0.39, 0.29) is 24.9 Å². The van der Waals surface area contributed by atoms with E-state index < -0.39 is 6.09 Å². The third-order valence-corrected chi connectivity index (χ3v) is 5.52. The van der Waals surface area contributed by atoms with Gasteiger partial charge in [0, 0.05) is 17.8 Å². The van der Waals surface area contributed by atoms with Crippen molar-refractivity contribution in [2.75, 3.05) is 26.0 Å². The van der Waals surface area contributed by atoms with E-state index in [1.807, 2.05) is 48.5 Å². The number of carbonyl (C=O) groups is 2. The van der Waals surface area contributed by atoms with Crippen molar-refractivity contribution in [3.8, 4) is 11.5 Å². The van der Waals surface area contributed by atoms with Crippen molar-refractivity contribution in [2.24, 2.45) is 0 Å². The van der Waals surface area contributed by atoms with Gasteiger partial charge in [0.15, 0.2) is 0 Å². The maximum Gasteiger partial charge on any atom is 0.409 e. The van der Waals surface area contributed by atoms with Crippen LogP contribution in [0.4, 0.5) is 10.5 Å². The quantitative estimate of drug-likeness (QED) is 0.305. The Bertz CT molecular complexity index is 1130. The smallest absolute Gasteiger partial charge is 0.409 e. The number of hydrogen-bond donors (Lipinski definition) is 1. The summed E-state index contributed by atoms with van der Waals surface area (Å²) in [6.45, 7) is 4.89. The molecule has 7 nitrogen and oxygen atoms in total. The van der Waals surface area contributed by atoms with Gasteiger partial charge in [-0.3, -0.25) is 4.79 Å². The van der Waals surface area contributed by atoms with Crippen LogP contribution in [-0.4, -0.2) is 37.2 Å². The summed E-state index contributed by atoms with van der Waals surface area (Å²) in [6.07, 6.45) is -0.273. The van der Waals surface area contributed by atoms with Crippen LogP contribution in [0.3, 0.4) is 0 Å². The Morgan fingerprint density at radius 3 is 2.49 bits per heavy atom. The van der Waals surface area contributed by atoms with Gasteiger partial charge in [0.05, 0.1) is 26.7 Å². The molecule has 0 heterocycles. The van der Waals surface area contributed by atoms with Crippen LogP contribution < -0.4 is 10.5 Å². The first kappa shape index (κ1) is 25.6. The van der Waals surface area contributed by atoms with Gasteiger partial charge in [0.25, 0.3) is 0 Å². The van der Waals surface area contributed by atoms with E-state index in [0.717, 1.165) is 16.7 Å². The maximum atomic E-state index is 12.6. The van der Waals surface area contributed by atoms with Crippen molar-refractivity contribution in [1.29, 1.82) is 0 Å². The second-order valence-corrected chi connectivity index (χ2v) is 8.26. The molecule has 3 aromatic rings. The van der Waals surface area contributed by atoms with E-state index in [4.69, 9.17) is 19.9 Å². The number of nitrogens with zero attached hydrogens (tertiary/aromatic N) is 1. The summed E-state index contributed by atoms with van der Waals surface area (Å²) in [7, 11) is 1.37. The van der Waals surface area contributed by atoms with Gasteiger partial charge < -0.3 is 24.8 Å². The third kappa shape index (κ3) is 7.50. The standard InChI is InChI=1S/C28H32N2O5/c1-4-34-27(31)16-21-9-8-12-25(15-21)35-26-14-13-24(29)17-23(26)19-30(28(32)33-3)18-20(2)22-10-6-5-7-11-22/h5-15,17,20H,4,16,18-19,29H2,1-3H3/t20-/m1/s1. The van der Waals surface area contributed by atoms with Crippen molar-refractivity contribution in [3.63, 3.8) is 0 Å². The molecule has 1 atom stereocenters. The predicted octanol–water partition coefficient (Wildman–Crippen LogP) is 5.54. The van der Waals surface area contributed by atoms with Crippen LogP contribution in [0.2, 0.25) is 0 Å². The molecule has 35 heavy (non-hydrogen) atoms. The topological polar surface area (TPSA) is 91.1 Å². The molecule has 0 aliphatic heterocycles. The molecule has 0 fully saturated rings. The van der Waals surface area contributed by atoms with Gasteiger partial charge in [-0.25, -0.2) is 4.79 Å². The lowest BCUT2D eigenvalue weighted by atomic mass is 10.0. The number of nitrogens with two attached hydrogens (primary N) is 1. The summed E-state index contributed by atoms with van der Waals surface area (Å²) in [4.78, 5) is 26.1. The highest BCUT2D eigenvalue weighted by molar-refractivity contribution is 5.72. The molecule has 0 unspecified atom stereocenters.